The number of ether oxygens (including phenoxy) is 3. The van der Waals surface area contributed by atoms with E-state index in [4.69, 9.17) is 25.8 Å². The van der Waals surface area contributed by atoms with Crippen LogP contribution in [0.15, 0.2) is 0 Å². The van der Waals surface area contributed by atoms with Crippen LogP contribution in [0.5, 0.6) is 11.9 Å². The monoisotopic (exact) mass is 467 g/mol. The van der Waals surface area contributed by atoms with Gasteiger partial charge in [-0.05, 0) is 19.4 Å². The maximum Gasteiger partial charge on any atom is 0.319 e. The second-order valence-corrected chi connectivity index (χ2v) is 9.93. The number of fused-ring (bicyclic) bond motifs is 1. The van der Waals surface area contributed by atoms with E-state index in [0.29, 0.717) is 50.5 Å². The van der Waals surface area contributed by atoms with Crippen LogP contribution >= 0.6 is 11.6 Å². The fourth-order valence-electron chi connectivity index (χ4n) is 5.58. The molecule has 4 aliphatic heterocycles. The molecule has 172 valence electrons. The summed E-state index contributed by atoms with van der Waals surface area (Å²) in [7, 11) is 1.88. The highest BCUT2D eigenvalue weighted by atomic mass is 35.5. The van der Waals surface area contributed by atoms with Gasteiger partial charge in [0.25, 0.3) is 0 Å². The zero-order valence-corrected chi connectivity index (χ0v) is 18.5. The lowest BCUT2D eigenvalue weighted by molar-refractivity contribution is -0.126. The number of anilines is 1. The largest absolute Gasteiger partial charge is 0.476 e. The predicted molar refractivity (Wildman–Crippen MR) is 113 cm³/mol. The van der Waals surface area contributed by atoms with E-state index in [1.165, 1.54) is 0 Å². The number of rotatable bonds is 3. The Morgan fingerprint density at radius 1 is 1.25 bits per heavy atom. The summed E-state index contributed by atoms with van der Waals surface area (Å²) in [4.78, 5) is 17.1. The SMILES string of the molecule is CN1CC2(COC2)COc2nc(Cl)c(F)c3nc(OC[C@@]45CCCN4C[C@H](F)C5)nc1c23. The van der Waals surface area contributed by atoms with Crippen molar-refractivity contribution in [1.82, 2.24) is 19.9 Å². The summed E-state index contributed by atoms with van der Waals surface area (Å²) in [6.45, 7) is 3.65. The molecule has 2 aromatic rings. The number of alkyl halides is 1. The highest BCUT2D eigenvalue weighted by Gasteiger charge is 2.49. The van der Waals surface area contributed by atoms with Crippen LogP contribution in [-0.4, -0.2) is 84.7 Å². The third kappa shape index (κ3) is 3.10. The molecule has 0 N–H and O–H groups in total. The van der Waals surface area contributed by atoms with Crippen molar-refractivity contribution in [3.05, 3.63) is 11.0 Å². The fourth-order valence-corrected chi connectivity index (χ4v) is 5.75. The van der Waals surface area contributed by atoms with E-state index in [1.807, 2.05) is 11.9 Å². The zero-order chi connectivity index (χ0) is 22.1. The van der Waals surface area contributed by atoms with Gasteiger partial charge in [0.05, 0.1) is 24.2 Å². The van der Waals surface area contributed by atoms with E-state index in [1.54, 1.807) is 0 Å². The summed E-state index contributed by atoms with van der Waals surface area (Å²) >= 11 is 6.06. The summed E-state index contributed by atoms with van der Waals surface area (Å²) in [6.07, 6.45) is 1.43. The summed E-state index contributed by atoms with van der Waals surface area (Å²) in [5.74, 6) is -0.0875. The maximum atomic E-state index is 15.0. The lowest BCUT2D eigenvalue weighted by atomic mass is 9.86. The first kappa shape index (κ1) is 20.6. The molecule has 0 amide bonds. The normalized spacial score (nSPS) is 28.9. The van der Waals surface area contributed by atoms with Crippen molar-refractivity contribution in [3.8, 4) is 11.9 Å². The van der Waals surface area contributed by atoms with Gasteiger partial charge in [-0.2, -0.15) is 15.0 Å². The quantitative estimate of drug-likeness (QED) is 0.638. The Kier molecular flexibility index (Phi) is 4.64. The number of nitrogens with zero attached hydrogens (tertiary/aromatic N) is 5. The van der Waals surface area contributed by atoms with Crippen molar-refractivity contribution in [1.29, 1.82) is 0 Å². The Morgan fingerprint density at radius 2 is 2.09 bits per heavy atom. The van der Waals surface area contributed by atoms with Crippen LogP contribution in [0.4, 0.5) is 14.6 Å². The van der Waals surface area contributed by atoms with Gasteiger partial charge in [-0.15, -0.1) is 0 Å². The molecular formula is C21H24ClF2N5O3. The van der Waals surface area contributed by atoms with Gasteiger partial charge >= 0.3 is 6.01 Å². The van der Waals surface area contributed by atoms with Crippen molar-refractivity contribution in [3.63, 3.8) is 0 Å². The van der Waals surface area contributed by atoms with E-state index in [0.717, 1.165) is 19.4 Å². The third-order valence-corrected chi connectivity index (χ3v) is 7.42. The summed E-state index contributed by atoms with van der Waals surface area (Å²) in [5.41, 5.74) is -0.551. The van der Waals surface area contributed by atoms with Crippen LogP contribution in [0.3, 0.4) is 0 Å². The number of halogens is 3. The molecule has 1 spiro atoms. The summed E-state index contributed by atoms with van der Waals surface area (Å²) in [6, 6.07) is 0.0366. The maximum absolute atomic E-state index is 15.0. The van der Waals surface area contributed by atoms with Gasteiger partial charge < -0.3 is 19.1 Å². The molecule has 3 fully saturated rings. The number of pyridine rings is 1. The minimum atomic E-state index is -0.862. The predicted octanol–water partition coefficient (Wildman–Crippen LogP) is 2.62. The Bertz CT molecular complexity index is 1090. The van der Waals surface area contributed by atoms with Gasteiger partial charge in [0.2, 0.25) is 5.88 Å². The molecule has 3 saturated heterocycles. The van der Waals surface area contributed by atoms with Gasteiger partial charge in [-0.25, -0.2) is 8.78 Å². The van der Waals surface area contributed by atoms with Gasteiger partial charge in [-0.3, -0.25) is 4.90 Å². The van der Waals surface area contributed by atoms with E-state index in [9.17, 15) is 4.39 Å². The molecular weight excluding hydrogens is 444 g/mol. The second kappa shape index (κ2) is 7.23. The van der Waals surface area contributed by atoms with E-state index in [2.05, 4.69) is 19.9 Å². The number of hydrogen-bond acceptors (Lipinski definition) is 8. The molecule has 6 heterocycles. The van der Waals surface area contributed by atoms with E-state index in [-0.39, 0.29) is 40.1 Å². The molecule has 0 bridgehead atoms. The molecule has 0 unspecified atom stereocenters. The van der Waals surface area contributed by atoms with Crippen LogP contribution in [-0.2, 0) is 4.74 Å². The molecule has 0 aromatic carbocycles. The molecule has 11 heteroatoms. The molecule has 32 heavy (non-hydrogen) atoms. The van der Waals surface area contributed by atoms with Crippen LogP contribution in [0, 0.1) is 11.2 Å². The zero-order valence-electron chi connectivity index (χ0n) is 17.7. The molecule has 2 aromatic heterocycles. The highest BCUT2D eigenvalue weighted by Crippen LogP contribution is 2.43. The highest BCUT2D eigenvalue weighted by molar-refractivity contribution is 6.30. The minimum absolute atomic E-state index is 0.00299. The topological polar surface area (TPSA) is 72.8 Å². The first-order valence-corrected chi connectivity index (χ1v) is 11.3. The Morgan fingerprint density at radius 3 is 2.88 bits per heavy atom. The third-order valence-electron chi connectivity index (χ3n) is 7.17. The minimum Gasteiger partial charge on any atom is -0.476 e. The van der Waals surface area contributed by atoms with Crippen molar-refractivity contribution in [2.75, 3.05) is 58.0 Å². The summed E-state index contributed by atoms with van der Waals surface area (Å²) < 4.78 is 46.5. The van der Waals surface area contributed by atoms with E-state index >= 15 is 4.39 Å². The van der Waals surface area contributed by atoms with Crippen molar-refractivity contribution >= 4 is 28.3 Å². The van der Waals surface area contributed by atoms with Crippen molar-refractivity contribution < 1.29 is 23.0 Å². The van der Waals surface area contributed by atoms with Crippen molar-refractivity contribution in [2.45, 2.75) is 31.0 Å². The summed E-state index contributed by atoms with van der Waals surface area (Å²) in [5, 5.41) is 0.0454. The fraction of sp³-hybridized carbons (Fsp3) is 0.667. The van der Waals surface area contributed by atoms with Gasteiger partial charge in [0.1, 0.15) is 36.1 Å². The molecule has 0 radical (unpaired) electrons. The standard InChI is InChI=1S/C21H24ClF2N5O3/c1-28-7-20(8-30-9-20)10-31-18-13-15(14(24)16(22)26-18)25-19(27-17(13)28)32-11-21-3-2-4-29(21)6-12(23)5-21/h12H,2-11H2,1H3/t12-,21+/m1/s1. The average molecular weight is 468 g/mol. The number of aromatic nitrogens is 3. The molecule has 6 rings (SSSR count). The van der Waals surface area contributed by atoms with Gasteiger partial charge in [0, 0.05) is 26.6 Å². The Balaban J connectivity index is 1.40. The lowest BCUT2D eigenvalue weighted by Crippen LogP contribution is -2.54. The second-order valence-electron chi connectivity index (χ2n) is 9.58. The Labute approximate surface area is 188 Å². The Hall–Kier alpha value is -2.04. The first-order valence-electron chi connectivity index (χ1n) is 10.9. The molecule has 4 aliphatic rings. The lowest BCUT2D eigenvalue weighted by Gasteiger charge is -2.44. The van der Waals surface area contributed by atoms with Crippen LogP contribution in [0.2, 0.25) is 5.15 Å². The smallest absolute Gasteiger partial charge is 0.319 e. The van der Waals surface area contributed by atoms with Crippen LogP contribution in [0.25, 0.3) is 10.9 Å². The van der Waals surface area contributed by atoms with Crippen molar-refractivity contribution in [2.24, 2.45) is 5.41 Å². The number of hydrogen-bond donors (Lipinski definition) is 0. The van der Waals surface area contributed by atoms with Gasteiger partial charge in [-0.1, -0.05) is 11.6 Å². The molecule has 0 aliphatic carbocycles. The molecule has 8 nitrogen and oxygen atoms in total. The van der Waals surface area contributed by atoms with Crippen LogP contribution in [0.1, 0.15) is 19.3 Å². The van der Waals surface area contributed by atoms with Gasteiger partial charge in [0.15, 0.2) is 11.0 Å². The average Bonchev–Trinajstić information content (AvgIpc) is 3.25. The molecule has 0 saturated carbocycles. The molecule has 2 atom stereocenters. The van der Waals surface area contributed by atoms with Crippen LogP contribution < -0.4 is 14.4 Å². The first-order chi connectivity index (χ1) is 15.4. The van der Waals surface area contributed by atoms with E-state index < -0.39 is 12.0 Å².